The molecule has 0 aromatic heterocycles. The van der Waals surface area contributed by atoms with Crippen molar-refractivity contribution in [3.8, 4) is 0 Å². The Morgan fingerprint density at radius 2 is 1.69 bits per heavy atom. The molecule has 2 rings (SSSR count). The molecule has 0 saturated heterocycles. The summed E-state index contributed by atoms with van der Waals surface area (Å²) in [7, 11) is 0. The Morgan fingerprint density at radius 1 is 0.962 bits per heavy atom. The number of nitrogens with one attached hydrogen (secondary N) is 2. The first-order valence-corrected chi connectivity index (χ1v) is 9.87. The molecule has 2 amide bonds. The summed E-state index contributed by atoms with van der Waals surface area (Å²) in [5.41, 5.74) is 3.90. The van der Waals surface area contributed by atoms with Crippen LogP contribution in [0.3, 0.4) is 0 Å². The van der Waals surface area contributed by atoms with Crippen LogP contribution in [0.4, 0.5) is 11.4 Å². The molecule has 0 saturated carbocycles. The number of amides is 2. The van der Waals surface area contributed by atoms with E-state index in [0.29, 0.717) is 12.2 Å². The summed E-state index contributed by atoms with van der Waals surface area (Å²) < 4.78 is 0. The first kappa shape index (κ1) is 20.0. The van der Waals surface area contributed by atoms with E-state index in [-0.39, 0.29) is 11.8 Å². The average molecular weight is 371 g/mol. The SMILES string of the molecule is CCCCC(=O)Nc1ccc(SCC(=O)Nc2cccc(C)c2C)cc1. The van der Waals surface area contributed by atoms with Gasteiger partial charge in [0.25, 0.3) is 0 Å². The quantitative estimate of drug-likeness (QED) is 0.631. The fraction of sp³-hybridized carbons (Fsp3) is 0.333. The molecule has 26 heavy (non-hydrogen) atoms. The van der Waals surface area contributed by atoms with Gasteiger partial charge in [-0.3, -0.25) is 9.59 Å². The molecule has 2 aromatic rings. The molecule has 0 aliphatic rings. The van der Waals surface area contributed by atoms with Crippen molar-refractivity contribution in [2.24, 2.45) is 0 Å². The summed E-state index contributed by atoms with van der Waals surface area (Å²) in [5.74, 6) is 0.357. The van der Waals surface area contributed by atoms with Gasteiger partial charge < -0.3 is 10.6 Å². The van der Waals surface area contributed by atoms with E-state index in [1.165, 1.54) is 11.8 Å². The minimum atomic E-state index is -0.0272. The van der Waals surface area contributed by atoms with Crippen molar-refractivity contribution in [2.75, 3.05) is 16.4 Å². The number of anilines is 2. The minimum absolute atomic E-state index is 0.0272. The third-order valence-electron chi connectivity index (χ3n) is 4.14. The maximum atomic E-state index is 12.2. The molecule has 4 nitrogen and oxygen atoms in total. The van der Waals surface area contributed by atoms with Crippen LogP contribution in [0, 0.1) is 13.8 Å². The molecule has 0 fully saturated rings. The maximum Gasteiger partial charge on any atom is 0.234 e. The highest BCUT2D eigenvalue weighted by atomic mass is 32.2. The standard InChI is InChI=1S/C21H26N2O2S/c1-4-5-9-20(24)22-17-10-12-18(13-11-17)26-14-21(25)23-19-8-6-7-15(2)16(19)3/h6-8,10-13H,4-5,9,14H2,1-3H3,(H,22,24)(H,23,25). The molecule has 2 aromatic carbocycles. The zero-order valence-electron chi connectivity index (χ0n) is 15.6. The first-order chi connectivity index (χ1) is 12.5. The molecular formula is C21H26N2O2S. The van der Waals surface area contributed by atoms with Crippen LogP contribution in [0.25, 0.3) is 0 Å². The second-order valence-electron chi connectivity index (χ2n) is 6.26. The fourth-order valence-corrected chi connectivity index (χ4v) is 3.12. The lowest BCUT2D eigenvalue weighted by Gasteiger charge is -2.10. The van der Waals surface area contributed by atoms with Crippen LogP contribution in [0.5, 0.6) is 0 Å². The van der Waals surface area contributed by atoms with Crippen molar-refractivity contribution in [1.29, 1.82) is 0 Å². The molecular weight excluding hydrogens is 344 g/mol. The number of thioether (sulfide) groups is 1. The van der Waals surface area contributed by atoms with Gasteiger partial charge in [0.05, 0.1) is 5.75 Å². The Morgan fingerprint density at radius 3 is 2.38 bits per heavy atom. The lowest BCUT2D eigenvalue weighted by molar-refractivity contribution is -0.116. The number of hydrogen-bond acceptors (Lipinski definition) is 3. The van der Waals surface area contributed by atoms with E-state index in [1.54, 1.807) is 0 Å². The van der Waals surface area contributed by atoms with Crippen LogP contribution in [-0.4, -0.2) is 17.6 Å². The second kappa shape index (κ2) is 10.0. The topological polar surface area (TPSA) is 58.2 Å². The highest BCUT2D eigenvalue weighted by Gasteiger charge is 2.07. The van der Waals surface area contributed by atoms with E-state index in [9.17, 15) is 9.59 Å². The van der Waals surface area contributed by atoms with Crippen LogP contribution in [-0.2, 0) is 9.59 Å². The zero-order valence-corrected chi connectivity index (χ0v) is 16.4. The zero-order chi connectivity index (χ0) is 18.9. The molecule has 138 valence electrons. The second-order valence-corrected chi connectivity index (χ2v) is 7.31. The molecule has 0 radical (unpaired) electrons. The molecule has 5 heteroatoms. The minimum Gasteiger partial charge on any atom is -0.326 e. The van der Waals surface area contributed by atoms with E-state index in [4.69, 9.17) is 0 Å². The average Bonchev–Trinajstić information content (AvgIpc) is 2.63. The molecule has 0 aliphatic carbocycles. The number of rotatable bonds is 8. The summed E-state index contributed by atoms with van der Waals surface area (Å²) in [4.78, 5) is 24.9. The lowest BCUT2D eigenvalue weighted by atomic mass is 10.1. The van der Waals surface area contributed by atoms with E-state index >= 15 is 0 Å². The van der Waals surface area contributed by atoms with Gasteiger partial charge in [0.2, 0.25) is 11.8 Å². The van der Waals surface area contributed by atoms with Gasteiger partial charge in [0.1, 0.15) is 0 Å². The Labute approximate surface area is 159 Å². The number of carbonyl (C=O) groups is 2. The molecule has 0 heterocycles. The van der Waals surface area contributed by atoms with Gasteiger partial charge >= 0.3 is 0 Å². The number of unbranched alkanes of at least 4 members (excludes halogenated alkanes) is 1. The van der Waals surface area contributed by atoms with Gasteiger partial charge in [-0.15, -0.1) is 11.8 Å². The van der Waals surface area contributed by atoms with Gasteiger partial charge in [-0.05, 0) is 61.7 Å². The van der Waals surface area contributed by atoms with E-state index < -0.39 is 0 Å². The third-order valence-corrected chi connectivity index (χ3v) is 5.16. The van der Waals surface area contributed by atoms with Crippen molar-refractivity contribution in [1.82, 2.24) is 0 Å². The summed E-state index contributed by atoms with van der Waals surface area (Å²) in [6, 6.07) is 13.5. The summed E-state index contributed by atoms with van der Waals surface area (Å²) in [6.45, 7) is 6.10. The highest BCUT2D eigenvalue weighted by Crippen LogP contribution is 2.22. The van der Waals surface area contributed by atoms with Crippen LogP contribution < -0.4 is 10.6 Å². The number of aryl methyl sites for hydroxylation is 1. The van der Waals surface area contributed by atoms with Gasteiger partial charge in [0.15, 0.2) is 0 Å². The van der Waals surface area contributed by atoms with Crippen molar-refractivity contribution in [3.05, 3.63) is 53.6 Å². The normalized spacial score (nSPS) is 10.4. The number of hydrogen-bond donors (Lipinski definition) is 2. The fourth-order valence-electron chi connectivity index (χ4n) is 2.42. The molecule has 0 atom stereocenters. The molecule has 0 unspecified atom stereocenters. The lowest BCUT2D eigenvalue weighted by Crippen LogP contribution is -2.15. The van der Waals surface area contributed by atoms with Gasteiger partial charge in [-0.2, -0.15) is 0 Å². The van der Waals surface area contributed by atoms with Crippen LogP contribution in [0.1, 0.15) is 37.3 Å². The first-order valence-electron chi connectivity index (χ1n) is 8.88. The third kappa shape index (κ3) is 6.23. The van der Waals surface area contributed by atoms with Gasteiger partial charge in [0, 0.05) is 22.7 Å². The summed E-state index contributed by atoms with van der Waals surface area (Å²) in [5, 5.41) is 5.85. The predicted octanol–water partition coefficient (Wildman–Crippen LogP) is 5.16. The number of carbonyl (C=O) groups excluding carboxylic acids is 2. The molecule has 0 spiro atoms. The number of benzene rings is 2. The highest BCUT2D eigenvalue weighted by molar-refractivity contribution is 8.00. The van der Waals surface area contributed by atoms with Crippen LogP contribution in [0.2, 0.25) is 0 Å². The van der Waals surface area contributed by atoms with E-state index in [1.807, 2.05) is 56.3 Å². The summed E-state index contributed by atoms with van der Waals surface area (Å²) in [6.07, 6.45) is 2.45. The molecule has 0 bridgehead atoms. The van der Waals surface area contributed by atoms with Crippen LogP contribution >= 0.6 is 11.8 Å². The van der Waals surface area contributed by atoms with Crippen LogP contribution in [0.15, 0.2) is 47.4 Å². The largest absolute Gasteiger partial charge is 0.326 e. The summed E-state index contributed by atoms with van der Waals surface area (Å²) >= 11 is 1.47. The molecule has 0 aliphatic heterocycles. The van der Waals surface area contributed by atoms with E-state index in [0.717, 1.165) is 40.2 Å². The van der Waals surface area contributed by atoms with Crippen molar-refractivity contribution >= 4 is 35.0 Å². The smallest absolute Gasteiger partial charge is 0.234 e. The van der Waals surface area contributed by atoms with Crippen molar-refractivity contribution in [2.45, 2.75) is 44.9 Å². The maximum absolute atomic E-state index is 12.2. The molecule has 2 N–H and O–H groups in total. The Balaban J connectivity index is 1.82. The predicted molar refractivity (Wildman–Crippen MR) is 110 cm³/mol. The van der Waals surface area contributed by atoms with Crippen molar-refractivity contribution < 1.29 is 9.59 Å². The Bertz CT molecular complexity index is 757. The monoisotopic (exact) mass is 370 g/mol. The van der Waals surface area contributed by atoms with Crippen molar-refractivity contribution in [3.63, 3.8) is 0 Å². The van der Waals surface area contributed by atoms with Gasteiger partial charge in [-0.1, -0.05) is 25.5 Å². The van der Waals surface area contributed by atoms with Gasteiger partial charge in [-0.25, -0.2) is 0 Å². The Kier molecular flexibility index (Phi) is 7.73. The van der Waals surface area contributed by atoms with E-state index in [2.05, 4.69) is 17.6 Å². The Hall–Kier alpha value is -2.27.